The molecule has 4 nitrogen and oxygen atoms in total. The lowest BCUT2D eigenvalue weighted by Gasteiger charge is -2.24. The summed E-state index contributed by atoms with van der Waals surface area (Å²) in [6.07, 6.45) is 0.390. The fraction of sp³-hybridized carbons (Fsp3) is 0.250. The molecule has 1 N–H and O–H groups in total. The van der Waals surface area contributed by atoms with Gasteiger partial charge in [0.1, 0.15) is 5.60 Å². The smallest absolute Gasteiger partial charge is 0.244 e. The predicted octanol–water partition coefficient (Wildman–Crippen LogP) is 2.73. The SMILES string of the molecule is O=S(=O)(c1ccccc1Br)N1CCC(O)(c2ccccc2)C1. The maximum Gasteiger partial charge on any atom is 0.244 e. The molecule has 116 valence electrons. The molecule has 1 aliphatic rings. The second-order valence-corrected chi connectivity index (χ2v) is 8.18. The summed E-state index contributed by atoms with van der Waals surface area (Å²) >= 11 is 3.28. The van der Waals surface area contributed by atoms with Crippen LogP contribution in [0.25, 0.3) is 0 Å². The molecule has 0 aromatic heterocycles. The van der Waals surface area contributed by atoms with Crippen molar-refractivity contribution in [2.75, 3.05) is 13.1 Å². The predicted molar refractivity (Wildman–Crippen MR) is 87.9 cm³/mol. The van der Waals surface area contributed by atoms with Gasteiger partial charge in [-0.3, -0.25) is 0 Å². The lowest BCUT2D eigenvalue weighted by molar-refractivity contribution is 0.0531. The molecule has 1 saturated heterocycles. The van der Waals surface area contributed by atoms with Crippen LogP contribution in [-0.2, 0) is 15.6 Å². The van der Waals surface area contributed by atoms with E-state index in [0.717, 1.165) is 5.56 Å². The first-order valence-corrected chi connectivity index (χ1v) is 9.19. The second kappa shape index (κ2) is 5.77. The molecule has 1 aliphatic heterocycles. The standard InChI is InChI=1S/C16H16BrNO3S/c17-14-8-4-5-9-15(14)22(20,21)18-11-10-16(19,12-18)13-6-2-1-3-7-13/h1-9,19H,10-12H2. The van der Waals surface area contributed by atoms with Crippen LogP contribution >= 0.6 is 15.9 Å². The Kier molecular flexibility index (Phi) is 4.11. The van der Waals surface area contributed by atoms with Crippen LogP contribution in [0.1, 0.15) is 12.0 Å². The molecule has 1 atom stereocenters. The van der Waals surface area contributed by atoms with Gasteiger partial charge >= 0.3 is 0 Å². The van der Waals surface area contributed by atoms with Crippen LogP contribution in [0.15, 0.2) is 64.0 Å². The third-order valence-corrected chi connectivity index (χ3v) is 6.84. The molecule has 2 aromatic carbocycles. The first-order valence-electron chi connectivity index (χ1n) is 6.96. The van der Waals surface area contributed by atoms with Crippen LogP contribution in [0.5, 0.6) is 0 Å². The van der Waals surface area contributed by atoms with Crippen molar-refractivity contribution in [1.82, 2.24) is 4.31 Å². The Labute approximate surface area is 138 Å². The fourth-order valence-electron chi connectivity index (χ4n) is 2.74. The van der Waals surface area contributed by atoms with Crippen LogP contribution in [-0.4, -0.2) is 30.9 Å². The molecule has 3 rings (SSSR count). The van der Waals surface area contributed by atoms with Gasteiger partial charge in [0, 0.05) is 17.6 Å². The topological polar surface area (TPSA) is 57.6 Å². The zero-order chi connectivity index (χ0) is 15.8. The summed E-state index contributed by atoms with van der Waals surface area (Å²) in [6, 6.07) is 16.0. The van der Waals surface area contributed by atoms with Crippen LogP contribution in [0.3, 0.4) is 0 Å². The summed E-state index contributed by atoms with van der Waals surface area (Å²) in [5.41, 5.74) is -0.380. The number of aliphatic hydroxyl groups is 1. The van der Waals surface area contributed by atoms with Crippen molar-refractivity contribution in [1.29, 1.82) is 0 Å². The van der Waals surface area contributed by atoms with Gasteiger partial charge in [-0.2, -0.15) is 4.31 Å². The summed E-state index contributed by atoms with van der Waals surface area (Å²) in [5, 5.41) is 10.8. The van der Waals surface area contributed by atoms with Gasteiger partial charge in [-0.1, -0.05) is 42.5 Å². The molecule has 0 radical (unpaired) electrons. The van der Waals surface area contributed by atoms with Gasteiger partial charge in [-0.25, -0.2) is 8.42 Å². The fourth-order valence-corrected chi connectivity index (χ4v) is 5.20. The number of rotatable bonds is 3. The van der Waals surface area contributed by atoms with Crippen molar-refractivity contribution < 1.29 is 13.5 Å². The number of benzene rings is 2. The van der Waals surface area contributed by atoms with E-state index in [1.165, 1.54) is 4.31 Å². The van der Waals surface area contributed by atoms with E-state index < -0.39 is 15.6 Å². The Morgan fingerprint density at radius 1 is 1.05 bits per heavy atom. The third-order valence-electron chi connectivity index (χ3n) is 3.98. The third kappa shape index (κ3) is 2.72. The van der Waals surface area contributed by atoms with Gasteiger partial charge < -0.3 is 5.11 Å². The Bertz CT molecular complexity index is 779. The number of β-amino-alcohol motifs (C(OH)–C–C–N with tert-alkyl or cyclic N) is 1. The first kappa shape index (κ1) is 15.7. The van der Waals surface area contributed by atoms with Gasteiger partial charge in [-0.05, 0) is 40.0 Å². The van der Waals surface area contributed by atoms with Crippen molar-refractivity contribution in [3.63, 3.8) is 0 Å². The highest BCUT2D eigenvalue weighted by Crippen LogP contribution is 2.36. The largest absolute Gasteiger partial charge is 0.384 e. The highest BCUT2D eigenvalue weighted by molar-refractivity contribution is 9.10. The quantitative estimate of drug-likeness (QED) is 0.888. The van der Waals surface area contributed by atoms with E-state index in [1.807, 2.05) is 30.3 Å². The van der Waals surface area contributed by atoms with E-state index in [9.17, 15) is 13.5 Å². The molecule has 0 aliphatic carbocycles. The van der Waals surface area contributed by atoms with Gasteiger partial charge in [0.15, 0.2) is 0 Å². The summed E-state index contributed by atoms with van der Waals surface area (Å²) < 4.78 is 27.4. The highest BCUT2D eigenvalue weighted by atomic mass is 79.9. The summed E-state index contributed by atoms with van der Waals surface area (Å²) in [5.74, 6) is 0. The van der Waals surface area contributed by atoms with Crippen LogP contribution in [0, 0.1) is 0 Å². The minimum absolute atomic E-state index is 0.0701. The number of hydrogen-bond acceptors (Lipinski definition) is 3. The lowest BCUT2D eigenvalue weighted by Crippen LogP contribution is -2.34. The molecule has 0 amide bonds. The van der Waals surface area contributed by atoms with Crippen molar-refractivity contribution in [2.45, 2.75) is 16.9 Å². The maximum absolute atomic E-state index is 12.8. The van der Waals surface area contributed by atoms with E-state index in [-0.39, 0.29) is 11.4 Å². The Balaban J connectivity index is 1.91. The van der Waals surface area contributed by atoms with E-state index in [1.54, 1.807) is 24.3 Å². The zero-order valence-corrected chi connectivity index (χ0v) is 14.2. The highest BCUT2D eigenvalue weighted by Gasteiger charge is 2.43. The molecule has 2 aromatic rings. The molecule has 0 bridgehead atoms. The molecule has 22 heavy (non-hydrogen) atoms. The Hall–Kier alpha value is -1.21. The van der Waals surface area contributed by atoms with Crippen LogP contribution in [0.2, 0.25) is 0 Å². The number of halogens is 1. The van der Waals surface area contributed by atoms with Crippen molar-refractivity contribution in [3.8, 4) is 0 Å². The monoisotopic (exact) mass is 381 g/mol. The van der Waals surface area contributed by atoms with Gasteiger partial charge in [-0.15, -0.1) is 0 Å². The van der Waals surface area contributed by atoms with E-state index in [2.05, 4.69) is 15.9 Å². The number of nitrogens with zero attached hydrogens (tertiary/aromatic N) is 1. The van der Waals surface area contributed by atoms with Crippen LogP contribution < -0.4 is 0 Å². The van der Waals surface area contributed by atoms with E-state index >= 15 is 0 Å². The molecular weight excluding hydrogens is 366 g/mol. The van der Waals surface area contributed by atoms with Gasteiger partial charge in [0.2, 0.25) is 10.0 Å². The van der Waals surface area contributed by atoms with Gasteiger partial charge in [0.05, 0.1) is 4.90 Å². The molecular formula is C16H16BrNO3S. The normalized spacial score (nSPS) is 22.8. The van der Waals surface area contributed by atoms with E-state index in [4.69, 9.17) is 0 Å². The van der Waals surface area contributed by atoms with Crippen molar-refractivity contribution in [2.24, 2.45) is 0 Å². The number of sulfonamides is 1. The molecule has 0 spiro atoms. The molecule has 0 saturated carbocycles. The average Bonchev–Trinajstić information content (AvgIpc) is 2.93. The van der Waals surface area contributed by atoms with Crippen LogP contribution in [0.4, 0.5) is 0 Å². The minimum Gasteiger partial charge on any atom is -0.384 e. The zero-order valence-electron chi connectivity index (χ0n) is 11.8. The average molecular weight is 382 g/mol. The summed E-state index contributed by atoms with van der Waals surface area (Å²) in [6.45, 7) is 0.371. The lowest BCUT2D eigenvalue weighted by atomic mass is 9.93. The second-order valence-electron chi connectivity index (χ2n) is 5.42. The van der Waals surface area contributed by atoms with Crippen molar-refractivity contribution in [3.05, 3.63) is 64.6 Å². The summed E-state index contributed by atoms with van der Waals surface area (Å²) in [7, 11) is -3.62. The number of hydrogen-bond donors (Lipinski definition) is 1. The molecule has 1 heterocycles. The minimum atomic E-state index is -3.62. The Morgan fingerprint density at radius 3 is 2.36 bits per heavy atom. The Morgan fingerprint density at radius 2 is 1.68 bits per heavy atom. The molecule has 1 fully saturated rings. The van der Waals surface area contributed by atoms with Gasteiger partial charge in [0.25, 0.3) is 0 Å². The van der Waals surface area contributed by atoms with E-state index in [0.29, 0.717) is 17.4 Å². The summed E-state index contributed by atoms with van der Waals surface area (Å²) in [4.78, 5) is 0.229. The maximum atomic E-state index is 12.8. The van der Waals surface area contributed by atoms with Crippen molar-refractivity contribution >= 4 is 26.0 Å². The molecule has 6 heteroatoms. The molecule has 1 unspecified atom stereocenters. The first-order chi connectivity index (χ1) is 10.4.